The number of fused-ring (bicyclic) bond motifs is 1. The average Bonchev–Trinajstić information content (AvgIpc) is 3.92. The van der Waals surface area contributed by atoms with Crippen molar-refractivity contribution in [3.63, 3.8) is 0 Å². The molecular weight excluding hydrogens is 541 g/mol. The molecular formula is C29H30FN9O3. The van der Waals surface area contributed by atoms with E-state index in [1.165, 1.54) is 30.5 Å². The van der Waals surface area contributed by atoms with Crippen LogP contribution in [0, 0.1) is 18.7 Å². The summed E-state index contributed by atoms with van der Waals surface area (Å²) in [7, 11) is 1.50. The maximum Gasteiger partial charge on any atom is 0.331 e. The van der Waals surface area contributed by atoms with Crippen LogP contribution in [0.2, 0.25) is 0 Å². The summed E-state index contributed by atoms with van der Waals surface area (Å²) in [5, 5.41) is 6.04. The molecule has 3 aliphatic rings. The van der Waals surface area contributed by atoms with E-state index in [9.17, 15) is 18.8 Å². The Morgan fingerprint density at radius 3 is 2.48 bits per heavy atom. The molecule has 0 unspecified atom stereocenters. The second-order valence-corrected chi connectivity index (χ2v) is 10.7. The molecule has 7 rings (SSSR count). The number of halogens is 1. The Morgan fingerprint density at radius 1 is 1.05 bits per heavy atom. The number of aromatic nitrogens is 5. The molecule has 0 bridgehead atoms. The third-order valence-corrected chi connectivity index (χ3v) is 7.32. The van der Waals surface area contributed by atoms with Gasteiger partial charge in [-0.1, -0.05) is 0 Å². The first-order chi connectivity index (χ1) is 20.2. The van der Waals surface area contributed by atoms with Gasteiger partial charge in [-0.05, 0) is 62.3 Å². The molecule has 2 N–H and O–H groups in total. The molecule has 1 saturated heterocycles. The van der Waals surface area contributed by atoms with Crippen LogP contribution in [0.5, 0.6) is 0 Å². The van der Waals surface area contributed by atoms with Gasteiger partial charge in [-0.25, -0.2) is 24.1 Å². The maximum atomic E-state index is 12.7. The van der Waals surface area contributed by atoms with Gasteiger partial charge in [0.2, 0.25) is 11.8 Å². The Balaban J connectivity index is 0.000000343. The summed E-state index contributed by atoms with van der Waals surface area (Å²) >= 11 is 0. The SMILES string of the molecule is CN1C(=O)CN(c2cc(C3CC3)cn3cc(CNc4cc(NC(=O)C5CC5)ncn4)nc23)C1=O.Cc1ccc(F)cn1. The van der Waals surface area contributed by atoms with Gasteiger partial charge in [-0.15, -0.1) is 0 Å². The van der Waals surface area contributed by atoms with E-state index < -0.39 is 0 Å². The van der Waals surface area contributed by atoms with E-state index in [2.05, 4.69) is 31.8 Å². The lowest BCUT2D eigenvalue weighted by Gasteiger charge is -2.17. The number of amides is 4. The van der Waals surface area contributed by atoms with E-state index in [-0.39, 0.29) is 36.1 Å². The number of carbonyl (C=O) groups excluding carboxylic acids is 3. The molecule has 2 aliphatic carbocycles. The summed E-state index contributed by atoms with van der Waals surface area (Å²) in [6.45, 7) is 2.22. The number of pyridine rings is 2. The van der Waals surface area contributed by atoms with E-state index in [1.807, 2.05) is 23.6 Å². The molecule has 4 aromatic heterocycles. The van der Waals surface area contributed by atoms with Gasteiger partial charge in [0.1, 0.15) is 30.3 Å². The molecule has 5 heterocycles. The number of nitrogens with one attached hydrogen (secondary N) is 2. The zero-order chi connectivity index (χ0) is 29.4. The van der Waals surface area contributed by atoms with Crippen LogP contribution in [0.15, 0.2) is 49.2 Å². The summed E-state index contributed by atoms with van der Waals surface area (Å²) in [6.07, 6.45) is 10.7. The number of imide groups is 1. The summed E-state index contributed by atoms with van der Waals surface area (Å²) in [5.41, 5.74) is 4.00. The quantitative estimate of drug-likeness (QED) is 0.319. The normalized spacial score (nSPS) is 16.5. The number of aryl methyl sites for hydroxylation is 1. The van der Waals surface area contributed by atoms with Crippen LogP contribution >= 0.6 is 0 Å². The second kappa shape index (κ2) is 11.1. The molecule has 12 nitrogen and oxygen atoms in total. The lowest BCUT2D eigenvalue weighted by atomic mass is 10.1. The second-order valence-electron chi connectivity index (χ2n) is 10.7. The summed E-state index contributed by atoms with van der Waals surface area (Å²) in [5.74, 6) is 1.07. The first kappa shape index (κ1) is 27.2. The molecule has 0 atom stereocenters. The number of anilines is 3. The van der Waals surface area contributed by atoms with E-state index in [1.54, 1.807) is 12.1 Å². The zero-order valence-electron chi connectivity index (χ0n) is 23.2. The van der Waals surface area contributed by atoms with Crippen molar-refractivity contribution >= 4 is 40.8 Å². The van der Waals surface area contributed by atoms with Crippen molar-refractivity contribution in [2.24, 2.45) is 5.92 Å². The van der Waals surface area contributed by atoms with Gasteiger partial charge in [-0.3, -0.25) is 24.4 Å². The Hall–Kier alpha value is -4.94. The predicted molar refractivity (Wildman–Crippen MR) is 152 cm³/mol. The molecule has 42 heavy (non-hydrogen) atoms. The highest BCUT2D eigenvalue weighted by Gasteiger charge is 2.36. The van der Waals surface area contributed by atoms with Crippen molar-refractivity contribution in [3.05, 3.63) is 72.0 Å². The average molecular weight is 572 g/mol. The Labute approximate surface area is 241 Å². The van der Waals surface area contributed by atoms with Crippen LogP contribution in [0.4, 0.5) is 26.5 Å². The third-order valence-electron chi connectivity index (χ3n) is 7.32. The lowest BCUT2D eigenvalue weighted by molar-refractivity contribution is -0.124. The van der Waals surface area contributed by atoms with Gasteiger partial charge in [0, 0.05) is 37.1 Å². The number of imidazole rings is 1. The number of hydrogen-bond acceptors (Lipinski definition) is 8. The predicted octanol–water partition coefficient (Wildman–Crippen LogP) is 3.89. The van der Waals surface area contributed by atoms with Gasteiger partial charge >= 0.3 is 6.03 Å². The zero-order valence-corrected chi connectivity index (χ0v) is 23.2. The number of urea groups is 1. The van der Waals surface area contributed by atoms with E-state index in [0.717, 1.165) is 47.5 Å². The molecule has 0 spiro atoms. The van der Waals surface area contributed by atoms with Crippen molar-refractivity contribution in [1.82, 2.24) is 29.2 Å². The monoisotopic (exact) mass is 571 g/mol. The Morgan fingerprint density at radius 2 is 1.83 bits per heavy atom. The minimum atomic E-state index is -0.343. The molecule has 4 aromatic rings. The number of likely N-dealkylation sites (N-methyl/N-ethyl adjacent to an activating group) is 1. The highest BCUT2D eigenvalue weighted by atomic mass is 19.1. The number of nitrogens with zero attached hydrogens (tertiary/aromatic N) is 7. The standard InChI is InChI=1S/C23H24N8O3.C6H6FN/c1-29-20(32)11-31(23(29)34)17-6-15(13-2-3-13)9-30-10-16(27-21(17)30)8-24-18-7-19(26-12-25-18)28-22(33)14-4-5-14;1-5-2-3-6(7)4-8-5/h6-7,9-10,12-14H,2-5,8,11H2,1H3,(H2,24,25,26,28,33);2-4H,1H3. The van der Waals surface area contributed by atoms with E-state index >= 15 is 0 Å². The lowest BCUT2D eigenvalue weighted by Crippen LogP contribution is -2.30. The maximum absolute atomic E-state index is 12.7. The molecule has 0 aromatic carbocycles. The van der Waals surface area contributed by atoms with Crippen LogP contribution in [-0.2, 0) is 16.1 Å². The summed E-state index contributed by atoms with van der Waals surface area (Å²) in [6, 6.07) is 6.36. The van der Waals surface area contributed by atoms with Gasteiger partial charge in [0.05, 0.1) is 24.1 Å². The van der Waals surface area contributed by atoms with Crippen molar-refractivity contribution in [3.8, 4) is 0 Å². The van der Waals surface area contributed by atoms with Crippen LogP contribution in [0.3, 0.4) is 0 Å². The summed E-state index contributed by atoms with van der Waals surface area (Å²) < 4.78 is 14.0. The molecule has 216 valence electrons. The van der Waals surface area contributed by atoms with Gasteiger partial charge in [0.25, 0.3) is 0 Å². The van der Waals surface area contributed by atoms with Crippen molar-refractivity contribution in [2.75, 3.05) is 29.1 Å². The molecule has 3 fully saturated rings. The molecule has 13 heteroatoms. The van der Waals surface area contributed by atoms with Gasteiger partial charge in [0.15, 0.2) is 5.65 Å². The fourth-order valence-electron chi connectivity index (χ4n) is 4.59. The largest absolute Gasteiger partial charge is 0.364 e. The van der Waals surface area contributed by atoms with Gasteiger partial charge in [-0.2, -0.15) is 0 Å². The van der Waals surface area contributed by atoms with Crippen LogP contribution in [0.25, 0.3) is 5.65 Å². The van der Waals surface area contributed by atoms with Gasteiger partial charge < -0.3 is 15.0 Å². The number of hydrogen-bond donors (Lipinski definition) is 2. The summed E-state index contributed by atoms with van der Waals surface area (Å²) in [4.78, 5) is 56.2. The van der Waals surface area contributed by atoms with Crippen LogP contribution < -0.4 is 15.5 Å². The Bertz CT molecular complexity index is 1640. The topological polar surface area (TPSA) is 138 Å². The van der Waals surface area contributed by atoms with Crippen molar-refractivity contribution in [1.29, 1.82) is 0 Å². The number of carbonyl (C=O) groups is 3. The highest BCUT2D eigenvalue weighted by Crippen LogP contribution is 2.42. The van der Waals surface area contributed by atoms with Crippen molar-refractivity contribution < 1.29 is 18.8 Å². The van der Waals surface area contributed by atoms with E-state index in [0.29, 0.717) is 35.4 Å². The number of rotatable bonds is 7. The van der Waals surface area contributed by atoms with Crippen LogP contribution in [-0.4, -0.2) is 60.7 Å². The first-order valence-electron chi connectivity index (χ1n) is 13.8. The van der Waals surface area contributed by atoms with Crippen LogP contribution in [0.1, 0.15) is 48.6 Å². The fourth-order valence-corrected chi connectivity index (χ4v) is 4.59. The Kier molecular flexibility index (Phi) is 7.23. The first-order valence-corrected chi connectivity index (χ1v) is 13.8. The van der Waals surface area contributed by atoms with Crippen molar-refractivity contribution in [2.45, 2.75) is 45.1 Å². The smallest absolute Gasteiger partial charge is 0.331 e. The molecule has 1 aliphatic heterocycles. The minimum Gasteiger partial charge on any atom is -0.364 e. The molecule has 4 amide bonds. The third kappa shape index (κ3) is 6.04. The minimum absolute atomic E-state index is 0.00964. The highest BCUT2D eigenvalue weighted by molar-refractivity contribution is 6.13. The molecule has 0 radical (unpaired) electrons. The van der Waals surface area contributed by atoms with E-state index in [4.69, 9.17) is 4.98 Å². The molecule has 2 saturated carbocycles. The fraction of sp³-hybridized carbons (Fsp3) is 0.345.